The summed E-state index contributed by atoms with van der Waals surface area (Å²) in [5.41, 5.74) is 0. The van der Waals surface area contributed by atoms with Crippen LogP contribution >= 0.6 is 0 Å². The van der Waals surface area contributed by atoms with E-state index in [2.05, 4.69) is 17.0 Å². The summed E-state index contributed by atoms with van der Waals surface area (Å²) in [5.74, 6) is 0.172. The highest BCUT2D eigenvalue weighted by atomic mass is 32.2. The van der Waals surface area contributed by atoms with Gasteiger partial charge < -0.3 is 5.32 Å². The second-order valence-electron chi connectivity index (χ2n) is 5.21. The first-order valence-electron chi connectivity index (χ1n) is 6.54. The van der Waals surface area contributed by atoms with Crippen molar-refractivity contribution < 1.29 is 13.2 Å². The predicted octanol–water partition coefficient (Wildman–Crippen LogP) is -0.169. The molecule has 0 spiro atoms. The molecule has 0 saturated carbocycles. The third-order valence-electron chi connectivity index (χ3n) is 3.54. The molecule has 0 aromatic heterocycles. The number of amides is 1. The van der Waals surface area contributed by atoms with Crippen molar-refractivity contribution in [3.63, 3.8) is 0 Å². The molecular formula is C11H21N3O3S. The zero-order valence-corrected chi connectivity index (χ0v) is 11.5. The fourth-order valence-electron chi connectivity index (χ4n) is 2.50. The third kappa shape index (κ3) is 3.21. The van der Waals surface area contributed by atoms with Gasteiger partial charge in [-0.15, -0.1) is 0 Å². The van der Waals surface area contributed by atoms with Gasteiger partial charge in [-0.05, 0) is 31.6 Å². The van der Waals surface area contributed by atoms with Crippen molar-refractivity contribution in [2.75, 3.05) is 19.6 Å². The lowest BCUT2D eigenvalue weighted by Crippen LogP contribution is -2.55. The van der Waals surface area contributed by atoms with E-state index in [1.165, 1.54) is 4.31 Å². The highest BCUT2D eigenvalue weighted by Gasteiger charge is 2.32. The van der Waals surface area contributed by atoms with Crippen LogP contribution in [0, 0.1) is 5.92 Å². The van der Waals surface area contributed by atoms with Crippen molar-refractivity contribution in [1.82, 2.24) is 14.3 Å². The molecular weight excluding hydrogens is 254 g/mol. The molecule has 0 bridgehead atoms. The first-order valence-corrected chi connectivity index (χ1v) is 7.98. The Hall–Kier alpha value is -0.660. The van der Waals surface area contributed by atoms with E-state index in [-0.39, 0.29) is 5.91 Å². The first-order chi connectivity index (χ1) is 8.49. The van der Waals surface area contributed by atoms with Crippen LogP contribution in [-0.4, -0.2) is 44.3 Å². The molecule has 2 saturated heterocycles. The molecule has 2 atom stereocenters. The zero-order chi connectivity index (χ0) is 13.2. The van der Waals surface area contributed by atoms with Gasteiger partial charge in [0.05, 0.1) is 0 Å². The molecule has 2 heterocycles. The number of nitrogens with one attached hydrogen (secondary N) is 2. The lowest BCUT2D eigenvalue weighted by Gasteiger charge is -2.32. The Bertz CT molecular complexity index is 410. The molecule has 2 rings (SSSR count). The molecule has 6 nitrogen and oxygen atoms in total. The summed E-state index contributed by atoms with van der Waals surface area (Å²) in [7, 11) is -3.53. The number of carbonyl (C=O) groups is 1. The van der Waals surface area contributed by atoms with Gasteiger partial charge in [0.25, 0.3) is 10.2 Å². The van der Waals surface area contributed by atoms with E-state index in [1.54, 1.807) is 0 Å². The van der Waals surface area contributed by atoms with Crippen LogP contribution in [0.5, 0.6) is 0 Å². The quantitative estimate of drug-likeness (QED) is 0.750. The highest BCUT2D eigenvalue weighted by molar-refractivity contribution is 7.87. The van der Waals surface area contributed by atoms with Crippen LogP contribution in [0.25, 0.3) is 0 Å². The Morgan fingerprint density at radius 2 is 2.11 bits per heavy atom. The van der Waals surface area contributed by atoms with Crippen molar-refractivity contribution in [1.29, 1.82) is 0 Å². The van der Waals surface area contributed by atoms with Gasteiger partial charge in [0, 0.05) is 19.6 Å². The number of rotatable bonds is 3. The molecule has 104 valence electrons. The van der Waals surface area contributed by atoms with Crippen LogP contribution in [0.2, 0.25) is 0 Å². The summed E-state index contributed by atoms with van der Waals surface area (Å²) in [6, 6.07) is -0.610. The second-order valence-corrected chi connectivity index (χ2v) is 6.92. The van der Waals surface area contributed by atoms with Crippen LogP contribution in [0.4, 0.5) is 0 Å². The Labute approximate surface area is 108 Å². The fourth-order valence-corrected chi connectivity index (χ4v) is 4.06. The maximum atomic E-state index is 12.2. The van der Waals surface area contributed by atoms with Gasteiger partial charge >= 0.3 is 0 Å². The smallest absolute Gasteiger partial charge is 0.280 e. The van der Waals surface area contributed by atoms with E-state index in [9.17, 15) is 13.2 Å². The Morgan fingerprint density at radius 1 is 1.33 bits per heavy atom. The van der Waals surface area contributed by atoms with E-state index in [1.807, 2.05) is 0 Å². The van der Waals surface area contributed by atoms with Crippen LogP contribution in [0.1, 0.15) is 32.6 Å². The number of piperidine rings is 2. The van der Waals surface area contributed by atoms with Crippen molar-refractivity contribution >= 4 is 16.1 Å². The van der Waals surface area contributed by atoms with Crippen LogP contribution in [0.3, 0.4) is 0 Å². The number of hydrogen-bond donors (Lipinski definition) is 2. The van der Waals surface area contributed by atoms with Crippen LogP contribution in [-0.2, 0) is 15.0 Å². The number of nitrogens with zero attached hydrogens (tertiary/aromatic N) is 1. The summed E-state index contributed by atoms with van der Waals surface area (Å²) in [6.07, 6.45) is 3.35. The Morgan fingerprint density at radius 3 is 2.78 bits per heavy atom. The average molecular weight is 275 g/mol. The SMILES string of the molecule is CC1CCCN(S(=O)(=O)NC2CCCNC2=O)C1. The molecule has 0 radical (unpaired) electrons. The molecule has 2 aliphatic rings. The topological polar surface area (TPSA) is 78.5 Å². The van der Waals surface area contributed by atoms with E-state index in [4.69, 9.17) is 0 Å². The summed E-state index contributed by atoms with van der Waals surface area (Å²) < 4.78 is 28.3. The maximum Gasteiger partial charge on any atom is 0.280 e. The summed E-state index contributed by atoms with van der Waals surface area (Å²) in [4.78, 5) is 11.6. The molecule has 2 aliphatic heterocycles. The molecule has 7 heteroatoms. The minimum absolute atomic E-state index is 0.213. The summed E-state index contributed by atoms with van der Waals surface area (Å²) in [5, 5.41) is 2.68. The lowest BCUT2D eigenvalue weighted by atomic mass is 10.0. The Kier molecular flexibility index (Phi) is 4.24. The van der Waals surface area contributed by atoms with Crippen LogP contribution < -0.4 is 10.0 Å². The van der Waals surface area contributed by atoms with Crippen LogP contribution in [0.15, 0.2) is 0 Å². The first kappa shape index (κ1) is 13.8. The molecule has 2 unspecified atom stereocenters. The molecule has 2 N–H and O–H groups in total. The Balaban J connectivity index is 1.99. The largest absolute Gasteiger partial charge is 0.355 e. The standard InChI is InChI=1S/C11H21N3O3S/c1-9-4-3-7-14(8-9)18(16,17)13-10-5-2-6-12-11(10)15/h9-10,13H,2-8H2,1H3,(H,12,15). The molecule has 1 amide bonds. The monoisotopic (exact) mass is 275 g/mol. The second kappa shape index (κ2) is 5.54. The normalized spacial score (nSPS) is 31.1. The molecule has 0 aliphatic carbocycles. The molecule has 18 heavy (non-hydrogen) atoms. The van der Waals surface area contributed by atoms with Gasteiger partial charge in [0.15, 0.2) is 0 Å². The van der Waals surface area contributed by atoms with E-state index in [0.29, 0.717) is 32.0 Å². The van der Waals surface area contributed by atoms with Gasteiger partial charge in [-0.3, -0.25) is 4.79 Å². The van der Waals surface area contributed by atoms with Crippen molar-refractivity contribution in [2.45, 2.75) is 38.6 Å². The van der Waals surface area contributed by atoms with E-state index in [0.717, 1.165) is 19.3 Å². The summed E-state index contributed by atoms with van der Waals surface area (Å²) in [6.45, 7) is 3.78. The molecule has 0 aromatic carbocycles. The van der Waals surface area contributed by atoms with Gasteiger partial charge in [-0.2, -0.15) is 17.4 Å². The molecule has 0 aromatic rings. The summed E-state index contributed by atoms with van der Waals surface area (Å²) >= 11 is 0. The van der Waals surface area contributed by atoms with Crippen molar-refractivity contribution in [3.05, 3.63) is 0 Å². The van der Waals surface area contributed by atoms with E-state index < -0.39 is 16.3 Å². The lowest BCUT2D eigenvalue weighted by molar-refractivity contribution is -0.124. The predicted molar refractivity (Wildman–Crippen MR) is 68.1 cm³/mol. The third-order valence-corrected chi connectivity index (χ3v) is 5.13. The zero-order valence-electron chi connectivity index (χ0n) is 10.7. The van der Waals surface area contributed by atoms with E-state index >= 15 is 0 Å². The highest BCUT2D eigenvalue weighted by Crippen LogP contribution is 2.18. The number of hydrogen-bond acceptors (Lipinski definition) is 3. The minimum Gasteiger partial charge on any atom is -0.355 e. The number of carbonyl (C=O) groups excluding carboxylic acids is 1. The van der Waals surface area contributed by atoms with Gasteiger partial charge in [-0.25, -0.2) is 0 Å². The average Bonchev–Trinajstić information content (AvgIpc) is 2.32. The van der Waals surface area contributed by atoms with Crippen molar-refractivity contribution in [3.8, 4) is 0 Å². The van der Waals surface area contributed by atoms with Gasteiger partial charge in [-0.1, -0.05) is 6.92 Å². The molecule has 2 fully saturated rings. The fraction of sp³-hybridized carbons (Fsp3) is 0.909. The van der Waals surface area contributed by atoms with Gasteiger partial charge in [0.2, 0.25) is 5.91 Å². The minimum atomic E-state index is -3.53. The maximum absolute atomic E-state index is 12.2. The van der Waals surface area contributed by atoms with Crippen molar-refractivity contribution in [2.24, 2.45) is 5.92 Å². The van der Waals surface area contributed by atoms with Gasteiger partial charge in [0.1, 0.15) is 6.04 Å².